The molecule has 2 nitrogen and oxygen atoms in total. The Kier molecular flexibility index (Phi) is 6.70. The molecule has 0 fully saturated rings. The van der Waals surface area contributed by atoms with Gasteiger partial charge in [0.2, 0.25) is 0 Å². The lowest BCUT2D eigenvalue weighted by molar-refractivity contribution is 0.476. The van der Waals surface area contributed by atoms with Crippen molar-refractivity contribution >= 4 is 58.0 Å². The van der Waals surface area contributed by atoms with Crippen molar-refractivity contribution in [1.29, 1.82) is 0 Å². The maximum atomic E-state index is 9.20. The molecule has 0 radical (unpaired) electrons. The molecule has 1 aromatic carbocycles. The minimum Gasteiger partial charge on any atom is -0.505 e. The molecule has 0 spiro atoms. The van der Waals surface area contributed by atoms with Gasteiger partial charge in [0.1, 0.15) is 10.0 Å². The van der Waals surface area contributed by atoms with Gasteiger partial charge >= 0.3 is 0 Å². The molecule has 0 saturated heterocycles. The van der Waals surface area contributed by atoms with Gasteiger partial charge in [0.15, 0.2) is 5.75 Å². The van der Waals surface area contributed by atoms with Crippen LogP contribution in [-0.2, 0) is 0 Å². The summed E-state index contributed by atoms with van der Waals surface area (Å²) in [5.74, 6) is -0.363. The van der Waals surface area contributed by atoms with Gasteiger partial charge in [-0.15, -0.1) is 0 Å². The largest absolute Gasteiger partial charge is 0.505 e. The van der Waals surface area contributed by atoms with Crippen LogP contribution in [0.15, 0.2) is 18.5 Å². The molecule has 0 aliphatic carbocycles. The second kappa shape index (κ2) is 7.58. The van der Waals surface area contributed by atoms with Crippen LogP contribution in [0.25, 0.3) is 0 Å². The van der Waals surface area contributed by atoms with E-state index >= 15 is 0 Å². The van der Waals surface area contributed by atoms with Gasteiger partial charge in [-0.1, -0.05) is 58.0 Å². The van der Waals surface area contributed by atoms with E-state index in [4.69, 9.17) is 58.0 Å². The van der Waals surface area contributed by atoms with Gasteiger partial charge in [0.05, 0.1) is 15.1 Å². The lowest BCUT2D eigenvalue weighted by atomic mass is 10.2. The third kappa shape index (κ3) is 4.06. The predicted molar refractivity (Wildman–Crippen MR) is 86.9 cm³/mol. The van der Waals surface area contributed by atoms with Crippen LogP contribution in [-0.4, -0.2) is 10.1 Å². The Labute approximate surface area is 142 Å². The number of rotatable bonds is 0. The number of phenols is 1. The number of nitrogens with zero attached hydrogens (tertiary/aromatic N) is 1. The van der Waals surface area contributed by atoms with Crippen LogP contribution in [0.1, 0.15) is 11.1 Å². The summed E-state index contributed by atoms with van der Waals surface area (Å²) in [6, 6.07) is 2.01. The number of phenolic OH excluding ortho intramolecular Hbond substituents is 1. The Morgan fingerprint density at radius 3 is 1.60 bits per heavy atom. The van der Waals surface area contributed by atoms with E-state index in [0.717, 1.165) is 0 Å². The van der Waals surface area contributed by atoms with E-state index in [-0.39, 0.29) is 30.9 Å². The van der Waals surface area contributed by atoms with Gasteiger partial charge in [-0.25, -0.2) is 0 Å². The van der Waals surface area contributed by atoms with Gasteiger partial charge in [0, 0.05) is 12.4 Å². The Morgan fingerprint density at radius 1 is 0.800 bits per heavy atom. The Morgan fingerprint density at radius 2 is 1.25 bits per heavy atom. The summed E-state index contributed by atoms with van der Waals surface area (Å²) in [7, 11) is 0. The van der Waals surface area contributed by atoms with Crippen molar-refractivity contribution in [2.45, 2.75) is 13.8 Å². The van der Waals surface area contributed by atoms with Crippen LogP contribution in [0.4, 0.5) is 0 Å². The molecule has 0 bridgehead atoms. The monoisotopic (exact) mass is 371 g/mol. The van der Waals surface area contributed by atoms with Crippen LogP contribution in [0.2, 0.25) is 25.1 Å². The zero-order valence-electron chi connectivity index (χ0n) is 10.5. The van der Waals surface area contributed by atoms with Crippen molar-refractivity contribution in [2.75, 3.05) is 0 Å². The molecule has 0 amide bonds. The highest BCUT2D eigenvalue weighted by molar-refractivity contribution is 6.55. The SMILES string of the molecule is Cc1ccncc1C.Oc1c(Cl)c(Cl)c(Cl)c(Cl)c1Cl. The summed E-state index contributed by atoms with van der Waals surface area (Å²) >= 11 is 27.9. The Bertz CT molecular complexity index is 504. The van der Waals surface area contributed by atoms with Crippen molar-refractivity contribution in [1.82, 2.24) is 4.98 Å². The maximum absolute atomic E-state index is 9.20. The molecular formula is C13H10Cl5NO. The van der Waals surface area contributed by atoms with E-state index in [1.165, 1.54) is 11.1 Å². The molecule has 0 unspecified atom stereocenters. The van der Waals surface area contributed by atoms with E-state index < -0.39 is 0 Å². The van der Waals surface area contributed by atoms with Crippen LogP contribution < -0.4 is 0 Å². The topological polar surface area (TPSA) is 33.1 Å². The van der Waals surface area contributed by atoms with E-state index in [2.05, 4.69) is 18.8 Å². The lowest BCUT2D eigenvalue weighted by Gasteiger charge is -2.06. The number of aromatic nitrogens is 1. The van der Waals surface area contributed by atoms with Crippen molar-refractivity contribution in [3.05, 3.63) is 54.7 Å². The van der Waals surface area contributed by atoms with Gasteiger partial charge in [0.25, 0.3) is 0 Å². The number of aromatic hydroxyl groups is 1. The summed E-state index contributed by atoms with van der Waals surface area (Å²) in [4.78, 5) is 3.95. The highest BCUT2D eigenvalue weighted by Crippen LogP contribution is 2.47. The molecule has 0 aliphatic heterocycles. The molecule has 7 heteroatoms. The van der Waals surface area contributed by atoms with E-state index in [1.807, 2.05) is 18.5 Å². The third-order valence-electron chi connectivity index (χ3n) is 2.49. The minimum absolute atomic E-state index is 0.00904. The molecule has 1 N–H and O–H groups in total. The Balaban J connectivity index is 0.000000217. The average Bonchev–Trinajstić information content (AvgIpc) is 2.45. The quantitative estimate of drug-likeness (QED) is 0.431. The first-order valence-corrected chi connectivity index (χ1v) is 7.24. The van der Waals surface area contributed by atoms with Crippen LogP contribution in [0.3, 0.4) is 0 Å². The van der Waals surface area contributed by atoms with Crippen LogP contribution >= 0.6 is 58.0 Å². The minimum atomic E-state index is -0.363. The first-order valence-electron chi connectivity index (χ1n) is 5.35. The number of hydrogen-bond acceptors (Lipinski definition) is 2. The van der Waals surface area contributed by atoms with Crippen molar-refractivity contribution in [2.24, 2.45) is 0 Å². The number of hydrogen-bond donors (Lipinski definition) is 1. The highest BCUT2D eigenvalue weighted by atomic mass is 35.5. The van der Waals surface area contributed by atoms with E-state index in [1.54, 1.807) is 0 Å². The summed E-state index contributed by atoms with van der Waals surface area (Å²) in [5, 5.41) is 9.01. The van der Waals surface area contributed by atoms with E-state index in [0.29, 0.717) is 0 Å². The number of halogens is 5. The summed E-state index contributed by atoms with van der Waals surface area (Å²) < 4.78 is 0. The summed E-state index contributed by atoms with van der Waals surface area (Å²) in [5.41, 5.74) is 2.56. The third-order valence-corrected chi connectivity index (χ3v) is 4.74. The molecule has 1 aromatic heterocycles. The van der Waals surface area contributed by atoms with Crippen molar-refractivity contribution < 1.29 is 5.11 Å². The predicted octanol–water partition coefficient (Wildman–Crippen LogP) is 6.36. The molecule has 0 saturated carbocycles. The van der Waals surface area contributed by atoms with Gasteiger partial charge < -0.3 is 5.11 Å². The Hall–Kier alpha value is -0.380. The first-order chi connectivity index (χ1) is 9.27. The second-order valence-electron chi connectivity index (χ2n) is 3.88. The summed E-state index contributed by atoms with van der Waals surface area (Å²) in [6.45, 7) is 4.14. The zero-order chi connectivity index (χ0) is 15.4. The number of pyridine rings is 1. The first kappa shape index (κ1) is 17.7. The average molecular weight is 373 g/mol. The molecule has 20 heavy (non-hydrogen) atoms. The fourth-order valence-electron chi connectivity index (χ4n) is 1.14. The van der Waals surface area contributed by atoms with Gasteiger partial charge in [-0.2, -0.15) is 0 Å². The van der Waals surface area contributed by atoms with Crippen LogP contribution in [0.5, 0.6) is 5.75 Å². The smallest absolute Gasteiger partial charge is 0.155 e. The lowest BCUT2D eigenvalue weighted by Crippen LogP contribution is -1.78. The number of aryl methyl sites for hydroxylation is 2. The van der Waals surface area contributed by atoms with E-state index in [9.17, 15) is 5.11 Å². The maximum Gasteiger partial charge on any atom is 0.155 e. The second-order valence-corrected chi connectivity index (χ2v) is 5.77. The standard InChI is InChI=1S/C7H9N.C6HCl5O/c1-6-3-4-8-5-7(6)2;7-1-2(8)4(10)6(12)5(11)3(1)9/h3-5H,1-2H3;12H. The normalized spacial score (nSPS) is 9.95. The molecule has 0 atom stereocenters. The van der Waals surface area contributed by atoms with Crippen molar-refractivity contribution in [3.63, 3.8) is 0 Å². The fraction of sp³-hybridized carbons (Fsp3) is 0.154. The summed E-state index contributed by atoms with van der Waals surface area (Å²) in [6.07, 6.45) is 3.68. The van der Waals surface area contributed by atoms with Gasteiger partial charge in [-0.3, -0.25) is 4.98 Å². The molecule has 0 aliphatic rings. The molecule has 2 rings (SSSR count). The fourth-order valence-corrected chi connectivity index (χ4v) is 2.26. The number of benzene rings is 1. The van der Waals surface area contributed by atoms with Gasteiger partial charge in [-0.05, 0) is 31.0 Å². The molecular weight excluding hydrogens is 363 g/mol. The van der Waals surface area contributed by atoms with Crippen LogP contribution in [0, 0.1) is 13.8 Å². The zero-order valence-corrected chi connectivity index (χ0v) is 14.3. The molecule has 2 aromatic rings. The highest BCUT2D eigenvalue weighted by Gasteiger charge is 2.18. The molecule has 1 heterocycles. The van der Waals surface area contributed by atoms with Crippen molar-refractivity contribution in [3.8, 4) is 5.75 Å². The molecule has 108 valence electrons.